The van der Waals surface area contributed by atoms with Gasteiger partial charge in [-0.3, -0.25) is 9.59 Å². The second-order valence-corrected chi connectivity index (χ2v) is 5.97. The van der Waals surface area contributed by atoms with E-state index in [2.05, 4.69) is 15.9 Å². The number of carbonyl (C=O) groups is 2. The van der Waals surface area contributed by atoms with Crippen LogP contribution in [0.4, 0.5) is 0 Å². The molecule has 2 aromatic carbocycles. The number of furan rings is 2. The van der Waals surface area contributed by atoms with Gasteiger partial charge in [-0.2, -0.15) is 0 Å². The third kappa shape index (κ3) is 3.88. The number of benzene rings is 2. The van der Waals surface area contributed by atoms with Gasteiger partial charge in [-0.15, -0.1) is 0 Å². The monoisotopic (exact) mass is 398 g/mol. The summed E-state index contributed by atoms with van der Waals surface area (Å²) in [6.07, 6.45) is 0. The van der Waals surface area contributed by atoms with Gasteiger partial charge >= 0.3 is 0 Å². The van der Waals surface area contributed by atoms with E-state index in [1.165, 1.54) is 6.92 Å². The van der Waals surface area contributed by atoms with Crippen LogP contribution in [0.15, 0.2) is 69.5 Å². The molecule has 0 fully saturated rings. The zero-order valence-corrected chi connectivity index (χ0v) is 15.1. The van der Waals surface area contributed by atoms with Crippen LogP contribution in [-0.2, 0) is 0 Å². The Morgan fingerprint density at radius 3 is 1.80 bits per heavy atom. The highest BCUT2D eigenvalue weighted by Crippen LogP contribution is 2.20. The van der Waals surface area contributed by atoms with Crippen molar-refractivity contribution in [1.82, 2.24) is 0 Å². The summed E-state index contributed by atoms with van der Waals surface area (Å²) >= 11 is 3.10. The number of Topliss-reactive ketones (excluding diaryl/α,β-unsaturated/α-hetero) is 2. The Morgan fingerprint density at radius 2 is 1.32 bits per heavy atom. The Labute approximate surface area is 152 Å². The minimum absolute atomic E-state index is 0.0313. The van der Waals surface area contributed by atoms with E-state index in [0.29, 0.717) is 16.9 Å². The molecule has 0 unspecified atom stereocenters. The minimum atomic E-state index is -0.0359. The van der Waals surface area contributed by atoms with Crippen molar-refractivity contribution in [3.05, 3.63) is 72.2 Å². The maximum atomic E-state index is 11.2. The number of fused-ring (bicyclic) bond motifs is 2. The Hall–Kier alpha value is -2.66. The molecule has 4 rings (SSSR count). The topological polar surface area (TPSA) is 60.4 Å². The van der Waals surface area contributed by atoms with Crippen LogP contribution >= 0.6 is 15.9 Å². The number of ketones is 2. The minimum Gasteiger partial charge on any atom is -0.453 e. The predicted octanol–water partition coefficient (Wildman–Crippen LogP) is 5.65. The maximum Gasteiger partial charge on any atom is 0.208 e. The maximum absolute atomic E-state index is 11.2. The quantitative estimate of drug-likeness (QED) is 0.330. The van der Waals surface area contributed by atoms with Crippen molar-refractivity contribution in [3.8, 4) is 0 Å². The van der Waals surface area contributed by atoms with Gasteiger partial charge in [0.1, 0.15) is 11.2 Å². The molecule has 5 heteroatoms. The Bertz CT molecular complexity index is 976. The average Bonchev–Trinajstić information content (AvgIpc) is 3.25. The van der Waals surface area contributed by atoms with Gasteiger partial charge in [0.2, 0.25) is 5.78 Å². The summed E-state index contributed by atoms with van der Waals surface area (Å²) in [5.74, 6) is 0.775. The fraction of sp³-hybridized carbons (Fsp3) is 0.100. The van der Waals surface area contributed by atoms with E-state index < -0.39 is 0 Å². The molecule has 0 amide bonds. The number of para-hydroxylation sites is 2. The zero-order valence-electron chi connectivity index (χ0n) is 13.5. The van der Waals surface area contributed by atoms with Crippen LogP contribution < -0.4 is 0 Å². The fourth-order valence-corrected chi connectivity index (χ4v) is 2.62. The van der Waals surface area contributed by atoms with Crippen molar-refractivity contribution in [2.75, 3.05) is 5.33 Å². The third-order valence-electron chi connectivity index (χ3n) is 3.59. The number of hydrogen-bond donors (Lipinski definition) is 0. The largest absolute Gasteiger partial charge is 0.453 e. The highest BCUT2D eigenvalue weighted by atomic mass is 79.9. The van der Waals surface area contributed by atoms with Gasteiger partial charge in [0.15, 0.2) is 17.3 Å². The molecule has 2 heterocycles. The lowest BCUT2D eigenvalue weighted by Crippen LogP contribution is -1.96. The molecule has 0 aliphatic carbocycles. The standard InChI is InChI=1S/C10H7BrO2.C10H8O2/c11-6-8(12)10-5-7-3-1-2-4-9(7)13-10;1-7(11)10-6-8-4-2-3-5-9(8)12-10/h1-5H,6H2;2-6H,1H3. The average molecular weight is 399 g/mol. The van der Waals surface area contributed by atoms with E-state index in [1.54, 1.807) is 12.1 Å². The third-order valence-corrected chi connectivity index (χ3v) is 4.10. The molecule has 0 atom stereocenters. The lowest BCUT2D eigenvalue weighted by molar-refractivity contribution is 0.0984. The van der Waals surface area contributed by atoms with E-state index in [0.717, 1.165) is 21.9 Å². The predicted molar refractivity (Wildman–Crippen MR) is 101 cm³/mol. The van der Waals surface area contributed by atoms with Crippen molar-refractivity contribution in [3.63, 3.8) is 0 Å². The highest BCUT2D eigenvalue weighted by Gasteiger charge is 2.09. The molecule has 0 aliphatic rings. The van der Waals surface area contributed by atoms with Crippen LogP contribution in [0.25, 0.3) is 21.9 Å². The molecular weight excluding hydrogens is 384 g/mol. The van der Waals surface area contributed by atoms with Gasteiger partial charge < -0.3 is 8.83 Å². The zero-order chi connectivity index (χ0) is 17.8. The molecule has 0 radical (unpaired) electrons. The lowest BCUT2D eigenvalue weighted by atomic mass is 10.2. The normalized spacial score (nSPS) is 10.5. The van der Waals surface area contributed by atoms with Gasteiger partial charge in [0, 0.05) is 17.7 Å². The molecule has 0 aliphatic heterocycles. The first-order valence-electron chi connectivity index (χ1n) is 7.65. The molecule has 0 bridgehead atoms. The van der Waals surface area contributed by atoms with E-state index in [-0.39, 0.29) is 11.6 Å². The molecule has 0 saturated heterocycles. The van der Waals surface area contributed by atoms with Crippen molar-refractivity contribution in [2.24, 2.45) is 0 Å². The van der Waals surface area contributed by atoms with E-state index in [9.17, 15) is 9.59 Å². The summed E-state index contributed by atoms with van der Waals surface area (Å²) in [4.78, 5) is 22.2. The van der Waals surface area contributed by atoms with Crippen LogP contribution in [0.5, 0.6) is 0 Å². The van der Waals surface area contributed by atoms with E-state index in [4.69, 9.17) is 8.83 Å². The molecular formula is C20H15BrO4. The second kappa shape index (κ2) is 7.49. The summed E-state index contributed by atoms with van der Waals surface area (Å²) in [5.41, 5.74) is 1.52. The Kier molecular flexibility index (Phi) is 5.14. The first kappa shape index (κ1) is 17.2. The Balaban J connectivity index is 0.000000146. The lowest BCUT2D eigenvalue weighted by Gasteiger charge is -1.86. The molecule has 25 heavy (non-hydrogen) atoms. The van der Waals surface area contributed by atoms with Crippen LogP contribution in [0.1, 0.15) is 28.0 Å². The number of carbonyl (C=O) groups excluding carboxylic acids is 2. The molecule has 2 aromatic heterocycles. The van der Waals surface area contributed by atoms with Gasteiger partial charge in [0.05, 0.1) is 5.33 Å². The van der Waals surface area contributed by atoms with Crippen molar-refractivity contribution >= 4 is 49.4 Å². The summed E-state index contributed by atoms with van der Waals surface area (Å²) in [6, 6.07) is 18.7. The van der Waals surface area contributed by atoms with Gasteiger partial charge in [-0.1, -0.05) is 52.3 Å². The van der Waals surface area contributed by atoms with Gasteiger partial charge in [-0.25, -0.2) is 0 Å². The molecule has 0 spiro atoms. The second-order valence-electron chi connectivity index (χ2n) is 5.41. The number of alkyl halides is 1. The molecule has 0 saturated carbocycles. The van der Waals surface area contributed by atoms with E-state index >= 15 is 0 Å². The van der Waals surface area contributed by atoms with Crippen molar-refractivity contribution < 1.29 is 18.4 Å². The number of rotatable bonds is 3. The summed E-state index contributed by atoms with van der Waals surface area (Å²) in [6.45, 7) is 1.50. The SMILES string of the molecule is CC(=O)c1cc2ccccc2o1.O=C(CBr)c1cc2ccccc2o1. The van der Waals surface area contributed by atoms with Gasteiger partial charge in [-0.05, 0) is 24.3 Å². The first-order valence-corrected chi connectivity index (χ1v) is 8.78. The van der Waals surface area contributed by atoms with Crippen molar-refractivity contribution in [2.45, 2.75) is 6.92 Å². The van der Waals surface area contributed by atoms with E-state index in [1.807, 2.05) is 48.5 Å². The number of hydrogen-bond acceptors (Lipinski definition) is 4. The molecule has 0 N–H and O–H groups in total. The first-order chi connectivity index (χ1) is 12.1. The number of halogens is 1. The molecule has 4 nitrogen and oxygen atoms in total. The molecule has 126 valence electrons. The highest BCUT2D eigenvalue weighted by molar-refractivity contribution is 9.09. The van der Waals surface area contributed by atoms with Crippen LogP contribution in [0.3, 0.4) is 0 Å². The summed E-state index contributed by atoms with van der Waals surface area (Å²) in [7, 11) is 0. The smallest absolute Gasteiger partial charge is 0.208 e. The molecule has 4 aromatic rings. The van der Waals surface area contributed by atoms with Crippen LogP contribution in [0.2, 0.25) is 0 Å². The Morgan fingerprint density at radius 1 is 0.840 bits per heavy atom. The van der Waals surface area contributed by atoms with Crippen LogP contribution in [-0.4, -0.2) is 16.9 Å². The van der Waals surface area contributed by atoms with Crippen LogP contribution in [0, 0.1) is 0 Å². The fourth-order valence-electron chi connectivity index (χ4n) is 2.34. The summed E-state index contributed by atoms with van der Waals surface area (Å²) in [5, 5.41) is 2.24. The van der Waals surface area contributed by atoms with Gasteiger partial charge in [0.25, 0.3) is 0 Å². The summed E-state index contributed by atoms with van der Waals surface area (Å²) < 4.78 is 10.6. The van der Waals surface area contributed by atoms with Crippen molar-refractivity contribution in [1.29, 1.82) is 0 Å².